The topological polar surface area (TPSA) is 12.0 Å². The van der Waals surface area contributed by atoms with Gasteiger partial charge in [0.15, 0.2) is 0 Å². The number of hydrogen-bond donors (Lipinski definition) is 1. The van der Waals surface area contributed by atoms with Gasteiger partial charge in [0.25, 0.3) is 0 Å². The van der Waals surface area contributed by atoms with Crippen LogP contribution in [0.15, 0.2) is 23.1 Å². The van der Waals surface area contributed by atoms with Crippen molar-refractivity contribution in [3.63, 3.8) is 0 Å². The van der Waals surface area contributed by atoms with Crippen LogP contribution in [0.5, 0.6) is 0 Å². The molecule has 0 atom stereocenters. The van der Waals surface area contributed by atoms with Crippen molar-refractivity contribution in [2.75, 3.05) is 5.75 Å². The van der Waals surface area contributed by atoms with E-state index in [0.717, 1.165) is 25.0 Å². The predicted molar refractivity (Wildman–Crippen MR) is 83.7 cm³/mol. The molecule has 0 radical (unpaired) electrons. The smallest absolute Gasteiger partial charge is 0.310 e. The summed E-state index contributed by atoms with van der Waals surface area (Å²) in [5.74, 6) is 0.870. The summed E-state index contributed by atoms with van der Waals surface area (Å²) < 4.78 is 39.5. The van der Waals surface area contributed by atoms with Crippen LogP contribution in [-0.2, 0) is 12.7 Å². The predicted octanol–water partition coefficient (Wildman–Crippen LogP) is 5.49. The summed E-state index contributed by atoms with van der Waals surface area (Å²) in [4.78, 5) is 0.701. The molecule has 0 aliphatic heterocycles. The molecule has 1 rings (SSSR count). The van der Waals surface area contributed by atoms with Gasteiger partial charge < -0.3 is 5.32 Å². The van der Waals surface area contributed by atoms with E-state index in [9.17, 15) is 13.2 Å². The Morgan fingerprint density at radius 1 is 1.19 bits per heavy atom. The summed E-state index contributed by atoms with van der Waals surface area (Å²) in [5.41, 5.74) is -0.203. The first-order valence-electron chi connectivity index (χ1n) is 7.41. The van der Waals surface area contributed by atoms with Crippen molar-refractivity contribution in [1.29, 1.82) is 0 Å². The third kappa shape index (κ3) is 6.74. The first-order chi connectivity index (χ1) is 9.84. The highest BCUT2D eigenvalue weighted by molar-refractivity contribution is 7.99. The Morgan fingerprint density at radius 2 is 1.90 bits per heavy atom. The molecule has 0 bridgehead atoms. The lowest BCUT2D eigenvalue weighted by molar-refractivity contribution is -0.138. The molecule has 21 heavy (non-hydrogen) atoms. The van der Waals surface area contributed by atoms with Gasteiger partial charge in [-0.1, -0.05) is 39.7 Å². The molecule has 0 saturated heterocycles. The van der Waals surface area contributed by atoms with E-state index in [1.165, 1.54) is 17.8 Å². The van der Waals surface area contributed by atoms with Crippen LogP contribution in [-0.4, -0.2) is 11.8 Å². The molecule has 1 aromatic rings. The number of rotatable bonds is 8. The second-order valence-electron chi connectivity index (χ2n) is 5.41. The average Bonchev–Trinajstić information content (AvgIpc) is 2.41. The highest BCUT2D eigenvalue weighted by Crippen LogP contribution is 2.35. The number of alkyl halides is 3. The van der Waals surface area contributed by atoms with Gasteiger partial charge in [-0.25, -0.2) is 0 Å². The molecule has 0 fully saturated rings. The number of unbranched alkanes of at least 4 members (excludes halogenated alkanes) is 2. The van der Waals surface area contributed by atoms with Crippen molar-refractivity contribution < 1.29 is 13.2 Å². The Morgan fingerprint density at radius 3 is 2.48 bits per heavy atom. The third-order valence-corrected chi connectivity index (χ3v) is 4.18. The molecule has 0 aromatic heterocycles. The second-order valence-corrected chi connectivity index (χ2v) is 6.58. The molecule has 1 N–H and O–H groups in total. The molecule has 0 spiro atoms. The molecule has 120 valence electrons. The van der Waals surface area contributed by atoms with Gasteiger partial charge in [0, 0.05) is 17.5 Å². The molecule has 0 aliphatic rings. The van der Waals surface area contributed by atoms with Crippen LogP contribution in [0.4, 0.5) is 13.2 Å². The van der Waals surface area contributed by atoms with E-state index in [1.54, 1.807) is 12.1 Å². The molecule has 0 saturated carbocycles. The minimum absolute atomic E-state index is 0.161. The van der Waals surface area contributed by atoms with Gasteiger partial charge in [0.05, 0.1) is 5.56 Å². The standard InChI is InChI=1S/C16H24F3NS/c1-4-5-6-9-21-14-8-7-13(11-20-12(2)3)15(10-14)16(17,18)19/h7-8,10,12,20H,4-6,9,11H2,1-3H3. The van der Waals surface area contributed by atoms with Crippen molar-refractivity contribution in [1.82, 2.24) is 5.32 Å². The second kappa shape index (κ2) is 8.69. The Bertz CT molecular complexity index is 430. The van der Waals surface area contributed by atoms with Crippen molar-refractivity contribution in [2.24, 2.45) is 0 Å². The lowest BCUT2D eigenvalue weighted by Gasteiger charge is -2.16. The largest absolute Gasteiger partial charge is 0.416 e. The van der Waals surface area contributed by atoms with Gasteiger partial charge in [-0.05, 0) is 29.9 Å². The maximum Gasteiger partial charge on any atom is 0.416 e. The molecule has 0 heterocycles. The summed E-state index contributed by atoms with van der Waals surface area (Å²) in [6, 6.07) is 4.84. The van der Waals surface area contributed by atoms with Crippen LogP contribution in [0.2, 0.25) is 0 Å². The summed E-state index contributed by atoms with van der Waals surface area (Å²) in [6.07, 6.45) is -1.02. The van der Waals surface area contributed by atoms with Crippen molar-refractivity contribution in [3.05, 3.63) is 29.3 Å². The molecule has 1 aromatic carbocycles. The van der Waals surface area contributed by atoms with Gasteiger partial charge in [-0.3, -0.25) is 0 Å². The van der Waals surface area contributed by atoms with Gasteiger partial charge in [-0.2, -0.15) is 13.2 Å². The Hall–Kier alpha value is -0.680. The molecular weight excluding hydrogens is 295 g/mol. The van der Waals surface area contributed by atoms with Crippen LogP contribution < -0.4 is 5.32 Å². The van der Waals surface area contributed by atoms with Crippen molar-refractivity contribution in [2.45, 2.75) is 63.7 Å². The first-order valence-corrected chi connectivity index (χ1v) is 8.39. The Balaban J connectivity index is 2.81. The highest BCUT2D eigenvalue weighted by Gasteiger charge is 2.33. The van der Waals surface area contributed by atoms with Gasteiger partial charge >= 0.3 is 6.18 Å². The lowest BCUT2D eigenvalue weighted by atomic mass is 10.1. The summed E-state index contributed by atoms with van der Waals surface area (Å²) in [6.45, 7) is 6.20. The zero-order valence-electron chi connectivity index (χ0n) is 12.9. The molecule has 0 unspecified atom stereocenters. The molecule has 5 heteroatoms. The van der Waals surface area contributed by atoms with Crippen LogP contribution in [0.1, 0.15) is 51.2 Å². The normalized spacial score (nSPS) is 12.1. The quantitative estimate of drug-likeness (QED) is 0.502. The van der Waals surface area contributed by atoms with E-state index >= 15 is 0 Å². The van der Waals surface area contributed by atoms with E-state index < -0.39 is 11.7 Å². The van der Waals surface area contributed by atoms with Gasteiger partial charge in [-0.15, -0.1) is 11.8 Å². The fourth-order valence-corrected chi connectivity index (χ4v) is 2.87. The van der Waals surface area contributed by atoms with E-state index in [0.29, 0.717) is 10.5 Å². The maximum atomic E-state index is 13.2. The fraction of sp³-hybridized carbons (Fsp3) is 0.625. The van der Waals surface area contributed by atoms with Gasteiger partial charge in [0.2, 0.25) is 0 Å². The zero-order chi connectivity index (χ0) is 15.9. The zero-order valence-corrected chi connectivity index (χ0v) is 13.7. The van der Waals surface area contributed by atoms with Crippen molar-refractivity contribution >= 4 is 11.8 Å². The first kappa shape index (κ1) is 18.4. The summed E-state index contributed by atoms with van der Waals surface area (Å²) in [5, 5.41) is 3.05. The van der Waals surface area contributed by atoms with E-state index in [-0.39, 0.29) is 12.6 Å². The van der Waals surface area contributed by atoms with Crippen molar-refractivity contribution in [3.8, 4) is 0 Å². The maximum absolute atomic E-state index is 13.2. The van der Waals surface area contributed by atoms with E-state index in [2.05, 4.69) is 12.2 Å². The number of halogens is 3. The fourth-order valence-electron chi connectivity index (χ4n) is 1.92. The summed E-state index contributed by atoms with van der Waals surface area (Å²) >= 11 is 1.50. The highest BCUT2D eigenvalue weighted by atomic mass is 32.2. The number of nitrogens with one attached hydrogen (secondary N) is 1. The van der Waals surface area contributed by atoms with Gasteiger partial charge in [0.1, 0.15) is 0 Å². The number of thioether (sulfide) groups is 1. The summed E-state index contributed by atoms with van der Waals surface area (Å²) in [7, 11) is 0. The number of benzene rings is 1. The van der Waals surface area contributed by atoms with Crippen LogP contribution in [0, 0.1) is 0 Å². The molecule has 1 nitrogen and oxygen atoms in total. The average molecular weight is 319 g/mol. The molecule has 0 aliphatic carbocycles. The minimum Gasteiger partial charge on any atom is -0.310 e. The van der Waals surface area contributed by atoms with Crippen LogP contribution >= 0.6 is 11.8 Å². The van der Waals surface area contributed by atoms with Crippen LogP contribution in [0.3, 0.4) is 0 Å². The number of hydrogen-bond acceptors (Lipinski definition) is 2. The molecular formula is C16H24F3NS. The van der Waals surface area contributed by atoms with E-state index in [4.69, 9.17) is 0 Å². The monoisotopic (exact) mass is 319 g/mol. The third-order valence-electron chi connectivity index (χ3n) is 3.10. The van der Waals surface area contributed by atoms with E-state index in [1.807, 2.05) is 13.8 Å². The Kier molecular flexibility index (Phi) is 7.60. The van der Waals surface area contributed by atoms with Crippen LogP contribution in [0.25, 0.3) is 0 Å². The lowest BCUT2D eigenvalue weighted by Crippen LogP contribution is -2.23. The SMILES string of the molecule is CCCCCSc1ccc(CNC(C)C)c(C(F)(F)F)c1. The molecule has 0 amide bonds. The Labute approximate surface area is 129 Å². The minimum atomic E-state index is -4.30.